The monoisotopic (exact) mass is 473 g/mol. The van der Waals surface area contributed by atoms with Crippen LogP contribution in [0.2, 0.25) is 5.02 Å². The summed E-state index contributed by atoms with van der Waals surface area (Å²) in [6.07, 6.45) is 1.68. The van der Waals surface area contributed by atoms with Crippen molar-refractivity contribution in [3.63, 3.8) is 0 Å². The van der Waals surface area contributed by atoms with E-state index in [1.165, 1.54) is 0 Å². The minimum absolute atomic E-state index is 0.0406. The Morgan fingerprint density at radius 3 is 2.44 bits per heavy atom. The lowest BCUT2D eigenvalue weighted by Gasteiger charge is -2.13. The Morgan fingerprint density at radius 2 is 1.74 bits per heavy atom. The molecular formula is C28H24ClNO4. The van der Waals surface area contributed by atoms with Gasteiger partial charge >= 0.3 is 6.16 Å². The van der Waals surface area contributed by atoms with Crippen LogP contribution in [0.4, 0.5) is 4.79 Å². The Kier molecular flexibility index (Phi) is 6.90. The number of nitriles is 1. The first-order valence-corrected chi connectivity index (χ1v) is 11.3. The third kappa shape index (κ3) is 5.59. The van der Waals surface area contributed by atoms with Crippen molar-refractivity contribution < 1.29 is 19.0 Å². The maximum atomic E-state index is 12.5. The number of ether oxygens (including phenoxy) is 3. The zero-order valence-electron chi connectivity index (χ0n) is 18.9. The maximum Gasteiger partial charge on any atom is 0.510 e. The van der Waals surface area contributed by atoms with E-state index in [0.29, 0.717) is 22.1 Å². The average Bonchev–Trinajstić information content (AvgIpc) is 3.35. The molecule has 0 bridgehead atoms. The summed E-state index contributed by atoms with van der Waals surface area (Å²) >= 11 is 5.93. The molecule has 1 aliphatic carbocycles. The molecule has 0 radical (unpaired) electrons. The Balaban J connectivity index is 1.37. The van der Waals surface area contributed by atoms with Gasteiger partial charge in [0.05, 0.1) is 0 Å². The number of halogens is 1. The summed E-state index contributed by atoms with van der Waals surface area (Å²) in [5.74, 6) is 1.25. The minimum Gasteiger partial charge on any atom is -0.457 e. The normalized spacial score (nSPS) is 19.1. The highest BCUT2D eigenvalue weighted by Crippen LogP contribution is 2.55. The number of hydrogen-bond donors (Lipinski definition) is 0. The molecule has 1 aliphatic rings. The summed E-state index contributed by atoms with van der Waals surface area (Å²) in [4.78, 5) is 12.5. The van der Waals surface area contributed by atoms with Gasteiger partial charge in [0.2, 0.25) is 6.10 Å². The molecule has 3 unspecified atom stereocenters. The van der Waals surface area contributed by atoms with Gasteiger partial charge < -0.3 is 14.2 Å². The molecule has 1 fully saturated rings. The van der Waals surface area contributed by atoms with E-state index in [2.05, 4.69) is 0 Å². The smallest absolute Gasteiger partial charge is 0.457 e. The number of hydrogen-bond acceptors (Lipinski definition) is 5. The molecule has 4 rings (SSSR count). The van der Waals surface area contributed by atoms with E-state index in [4.69, 9.17) is 25.8 Å². The molecule has 0 aliphatic heterocycles. The van der Waals surface area contributed by atoms with Crippen LogP contribution in [0.25, 0.3) is 6.08 Å². The average molecular weight is 474 g/mol. The van der Waals surface area contributed by atoms with Crippen LogP contribution in [0.5, 0.6) is 11.5 Å². The fourth-order valence-electron chi connectivity index (χ4n) is 3.75. The van der Waals surface area contributed by atoms with E-state index in [9.17, 15) is 10.1 Å². The third-order valence-electron chi connectivity index (χ3n) is 5.87. The van der Waals surface area contributed by atoms with Gasteiger partial charge in [0, 0.05) is 21.9 Å². The van der Waals surface area contributed by atoms with Crippen LogP contribution < -0.4 is 4.74 Å². The quantitative estimate of drug-likeness (QED) is 0.330. The Morgan fingerprint density at radius 1 is 1.03 bits per heavy atom. The van der Waals surface area contributed by atoms with E-state index in [1.807, 2.05) is 86.7 Å². The molecule has 0 aromatic heterocycles. The second kappa shape index (κ2) is 10.0. The Labute approximate surface area is 204 Å². The van der Waals surface area contributed by atoms with E-state index < -0.39 is 12.3 Å². The van der Waals surface area contributed by atoms with Crippen LogP contribution in [0, 0.1) is 22.7 Å². The molecule has 6 heteroatoms. The maximum absolute atomic E-state index is 12.5. The first-order valence-electron chi connectivity index (χ1n) is 10.9. The molecule has 3 atom stereocenters. The van der Waals surface area contributed by atoms with Crippen molar-refractivity contribution in [1.29, 1.82) is 5.26 Å². The summed E-state index contributed by atoms with van der Waals surface area (Å²) in [6.45, 7) is 4.04. The zero-order valence-corrected chi connectivity index (χ0v) is 19.6. The van der Waals surface area contributed by atoms with Crippen molar-refractivity contribution in [1.82, 2.24) is 0 Å². The van der Waals surface area contributed by atoms with Gasteiger partial charge in [0.1, 0.15) is 23.7 Å². The Hall–Kier alpha value is -3.75. The number of carbonyl (C=O) groups excluding carboxylic acids is 1. The van der Waals surface area contributed by atoms with E-state index >= 15 is 0 Å². The van der Waals surface area contributed by atoms with Gasteiger partial charge in [0.15, 0.2) is 0 Å². The molecule has 3 aromatic carbocycles. The summed E-state index contributed by atoms with van der Waals surface area (Å²) in [6, 6.07) is 25.7. The second-order valence-corrected chi connectivity index (χ2v) is 9.10. The van der Waals surface area contributed by atoms with Gasteiger partial charge in [-0.05, 0) is 42.0 Å². The van der Waals surface area contributed by atoms with Crippen LogP contribution >= 0.6 is 11.6 Å². The van der Waals surface area contributed by atoms with Gasteiger partial charge in [-0.25, -0.2) is 4.79 Å². The molecule has 5 nitrogen and oxygen atoms in total. The van der Waals surface area contributed by atoms with Crippen molar-refractivity contribution in [2.75, 3.05) is 0 Å². The van der Waals surface area contributed by atoms with Gasteiger partial charge in [-0.2, -0.15) is 5.26 Å². The van der Waals surface area contributed by atoms with Gasteiger partial charge in [-0.15, -0.1) is 0 Å². The predicted molar refractivity (Wildman–Crippen MR) is 130 cm³/mol. The largest absolute Gasteiger partial charge is 0.510 e. The lowest BCUT2D eigenvalue weighted by molar-refractivity contribution is 0.0255. The highest BCUT2D eigenvalue weighted by molar-refractivity contribution is 6.30. The lowest BCUT2D eigenvalue weighted by atomic mass is 10.1. The topological polar surface area (TPSA) is 68.5 Å². The van der Waals surface area contributed by atoms with Gasteiger partial charge in [-0.3, -0.25) is 0 Å². The Bertz CT molecular complexity index is 1220. The van der Waals surface area contributed by atoms with Gasteiger partial charge in [0.25, 0.3) is 0 Å². The number of nitrogens with zero attached hydrogens (tertiary/aromatic N) is 1. The standard InChI is InChI=1S/C28H24ClNO4/c1-28(2)24(16-13-19-11-14-21(29)15-12-19)26(28)34-27(31)33-25(18-30)20-7-6-10-23(17-20)32-22-8-4-3-5-9-22/h3-17,24-26H,1-2H3. The van der Waals surface area contributed by atoms with Crippen LogP contribution in [0.15, 0.2) is 84.9 Å². The van der Waals surface area contributed by atoms with E-state index in [0.717, 1.165) is 5.56 Å². The fourth-order valence-corrected chi connectivity index (χ4v) is 3.88. The third-order valence-corrected chi connectivity index (χ3v) is 6.12. The summed E-state index contributed by atoms with van der Waals surface area (Å²) < 4.78 is 16.7. The molecule has 1 saturated carbocycles. The SMILES string of the molecule is CC1(C)C(C=Cc2ccc(Cl)cc2)C1OC(=O)OC(C#N)c1cccc(Oc2ccccc2)c1. The first kappa shape index (κ1) is 23.4. The van der Waals surface area contributed by atoms with E-state index in [-0.39, 0.29) is 17.4 Å². The van der Waals surface area contributed by atoms with Crippen LogP contribution in [0.3, 0.4) is 0 Å². The number of carbonyl (C=O) groups is 1. The molecule has 34 heavy (non-hydrogen) atoms. The summed E-state index contributed by atoms with van der Waals surface area (Å²) in [5.41, 5.74) is 1.28. The molecule has 0 spiro atoms. The second-order valence-electron chi connectivity index (χ2n) is 8.66. The molecule has 0 N–H and O–H groups in total. The molecule has 172 valence electrons. The van der Waals surface area contributed by atoms with Crippen molar-refractivity contribution in [2.45, 2.75) is 26.1 Å². The minimum atomic E-state index is -1.11. The van der Waals surface area contributed by atoms with E-state index in [1.54, 1.807) is 24.3 Å². The highest BCUT2D eigenvalue weighted by Gasteiger charge is 2.59. The molecule has 0 amide bonds. The van der Waals surface area contributed by atoms with Crippen LogP contribution in [0.1, 0.15) is 31.1 Å². The van der Waals surface area contributed by atoms with Crippen molar-refractivity contribution in [3.05, 3.63) is 101 Å². The summed E-state index contributed by atoms with van der Waals surface area (Å²) in [5, 5.41) is 10.3. The molecular weight excluding hydrogens is 450 g/mol. The molecule has 3 aromatic rings. The highest BCUT2D eigenvalue weighted by atomic mass is 35.5. The molecule has 0 heterocycles. The lowest BCUT2D eigenvalue weighted by Crippen LogP contribution is -2.15. The van der Waals surface area contributed by atoms with Crippen molar-refractivity contribution in [2.24, 2.45) is 11.3 Å². The van der Waals surface area contributed by atoms with Crippen LogP contribution in [-0.2, 0) is 9.47 Å². The van der Waals surface area contributed by atoms with Crippen LogP contribution in [-0.4, -0.2) is 12.3 Å². The summed E-state index contributed by atoms with van der Waals surface area (Å²) in [7, 11) is 0. The van der Waals surface area contributed by atoms with Crippen molar-refractivity contribution in [3.8, 4) is 17.6 Å². The first-order chi connectivity index (χ1) is 16.4. The molecule has 0 saturated heterocycles. The number of benzene rings is 3. The van der Waals surface area contributed by atoms with Gasteiger partial charge in [-0.1, -0.05) is 80.1 Å². The number of rotatable bonds is 7. The van der Waals surface area contributed by atoms with Crippen molar-refractivity contribution >= 4 is 23.8 Å². The zero-order chi connectivity index (χ0) is 24.1. The predicted octanol–water partition coefficient (Wildman–Crippen LogP) is 7.59. The fraction of sp³-hybridized carbons (Fsp3) is 0.214. The number of para-hydroxylation sites is 1.